The Balaban J connectivity index is 1.66. The summed E-state index contributed by atoms with van der Waals surface area (Å²) in [6.07, 6.45) is 8.27. The third kappa shape index (κ3) is 5.66. The first kappa shape index (κ1) is 22.4. The first-order valence-corrected chi connectivity index (χ1v) is 10.4. The van der Waals surface area contributed by atoms with E-state index in [1.165, 1.54) is 19.6 Å². The molecule has 0 aromatic heterocycles. The first-order chi connectivity index (χ1) is 15.0. The van der Waals surface area contributed by atoms with Gasteiger partial charge in [-0.2, -0.15) is 0 Å². The van der Waals surface area contributed by atoms with Crippen molar-refractivity contribution in [2.24, 2.45) is 5.92 Å². The first-order valence-electron chi connectivity index (χ1n) is 10.4. The highest BCUT2D eigenvalue weighted by atomic mass is 16.5. The van der Waals surface area contributed by atoms with Crippen LogP contribution in [-0.4, -0.2) is 33.1 Å². The summed E-state index contributed by atoms with van der Waals surface area (Å²) in [5.74, 6) is 1.61. The van der Waals surface area contributed by atoms with Gasteiger partial charge in [-0.25, -0.2) is 0 Å². The lowest BCUT2D eigenvalue weighted by molar-refractivity contribution is -0.139. The van der Waals surface area contributed by atoms with Gasteiger partial charge in [-0.15, -0.1) is 0 Å². The molecular weight excluding hydrogens is 396 g/mol. The SMILES string of the molecule is COc1cc(/C=C/C(=O)c2ccc(OC(=O)C3CCCCC3)cc2)cc(OC)c1OC. The minimum atomic E-state index is -0.180. The van der Waals surface area contributed by atoms with Crippen LogP contribution < -0.4 is 18.9 Å². The van der Waals surface area contributed by atoms with Crippen LogP contribution in [-0.2, 0) is 4.79 Å². The number of ether oxygens (including phenoxy) is 4. The normalized spacial score (nSPS) is 14.3. The van der Waals surface area contributed by atoms with Crippen molar-refractivity contribution in [3.63, 3.8) is 0 Å². The highest BCUT2D eigenvalue weighted by molar-refractivity contribution is 6.06. The van der Waals surface area contributed by atoms with Crippen LogP contribution in [0.3, 0.4) is 0 Å². The number of carbonyl (C=O) groups is 2. The van der Waals surface area contributed by atoms with E-state index in [2.05, 4.69) is 0 Å². The van der Waals surface area contributed by atoms with Gasteiger partial charge in [0, 0.05) is 5.56 Å². The summed E-state index contributed by atoms with van der Waals surface area (Å²) in [6.45, 7) is 0. The number of allylic oxidation sites excluding steroid dienone is 1. The second-order valence-electron chi connectivity index (χ2n) is 7.44. The molecule has 0 radical (unpaired) electrons. The molecule has 2 aromatic carbocycles. The fourth-order valence-corrected chi connectivity index (χ4v) is 3.69. The molecule has 0 amide bonds. The number of methoxy groups -OCH3 is 3. The summed E-state index contributed by atoms with van der Waals surface area (Å²) >= 11 is 0. The molecular formula is C25H28O6. The lowest BCUT2D eigenvalue weighted by Gasteiger charge is -2.19. The number of benzene rings is 2. The molecule has 0 bridgehead atoms. The molecule has 6 nitrogen and oxygen atoms in total. The van der Waals surface area contributed by atoms with Crippen LogP contribution in [0.25, 0.3) is 6.08 Å². The van der Waals surface area contributed by atoms with E-state index in [4.69, 9.17) is 18.9 Å². The highest BCUT2D eigenvalue weighted by Gasteiger charge is 2.23. The monoisotopic (exact) mass is 424 g/mol. The molecule has 0 aliphatic heterocycles. The zero-order valence-electron chi connectivity index (χ0n) is 18.2. The maximum atomic E-state index is 12.5. The Morgan fingerprint density at radius 3 is 2.03 bits per heavy atom. The molecule has 1 aliphatic carbocycles. The van der Waals surface area contributed by atoms with Crippen molar-refractivity contribution in [2.45, 2.75) is 32.1 Å². The summed E-state index contributed by atoms with van der Waals surface area (Å²) in [5, 5.41) is 0. The number of rotatable bonds is 8. The zero-order valence-corrected chi connectivity index (χ0v) is 18.2. The van der Waals surface area contributed by atoms with Crippen molar-refractivity contribution in [3.8, 4) is 23.0 Å². The third-order valence-electron chi connectivity index (χ3n) is 5.41. The van der Waals surface area contributed by atoms with Crippen molar-refractivity contribution in [1.29, 1.82) is 0 Å². The van der Waals surface area contributed by atoms with E-state index in [-0.39, 0.29) is 17.7 Å². The number of hydrogen-bond donors (Lipinski definition) is 0. The molecule has 0 spiro atoms. The van der Waals surface area contributed by atoms with Gasteiger partial charge < -0.3 is 18.9 Å². The molecule has 3 rings (SSSR count). The zero-order chi connectivity index (χ0) is 22.2. The third-order valence-corrected chi connectivity index (χ3v) is 5.41. The predicted octanol–water partition coefficient (Wildman–Crippen LogP) is 5.09. The molecule has 0 heterocycles. The van der Waals surface area contributed by atoms with Gasteiger partial charge in [0.25, 0.3) is 0 Å². The number of esters is 1. The van der Waals surface area contributed by atoms with E-state index in [1.54, 1.807) is 56.7 Å². The summed E-state index contributed by atoms with van der Waals surface area (Å²) in [4.78, 5) is 24.8. The lowest BCUT2D eigenvalue weighted by atomic mass is 9.89. The van der Waals surface area contributed by atoms with E-state index < -0.39 is 0 Å². The predicted molar refractivity (Wildman–Crippen MR) is 118 cm³/mol. The second-order valence-corrected chi connectivity index (χ2v) is 7.44. The van der Waals surface area contributed by atoms with Gasteiger partial charge in [-0.3, -0.25) is 9.59 Å². The van der Waals surface area contributed by atoms with E-state index in [0.29, 0.717) is 28.6 Å². The molecule has 1 saturated carbocycles. The van der Waals surface area contributed by atoms with Gasteiger partial charge >= 0.3 is 5.97 Å². The standard InChI is InChI=1S/C25H28O6/c1-28-22-15-17(16-23(29-2)24(22)30-3)9-14-21(26)18-10-12-20(13-11-18)31-25(27)19-7-5-4-6-8-19/h9-16,19H,4-8H2,1-3H3/b14-9+. The summed E-state index contributed by atoms with van der Waals surface area (Å²) < 4.78 is 21.5. The lowest BCUT2D eigenvalue weighted by Crippen LogP contribution is -2.22. The largest absolute Gasteiger partial charge is 0.493 e. The minimum Gasteiger partial charge on any atom is -0.493 e. The topological polar surface area (TPSA) is 71.1 Å². The van der Waals surface area contributed by atoms with Crippen LogP contribution in [0.4, 0.5) is 0 Å². The summed E-state index contributed by atoms with van der Waals surface area (Å²) in [6, 6.07) is 10.1. The van der Waals surface area contributed by atoms with Gasteiger partial charge in [0.05, 0.1) is 27.2 Å². The smallest absolute Gasteiger partial charge is 0.314 e. The van der Waals surface area contributed by atoms with Crippen molar-refractivity contribution in [3.05, 3.63) is 53.6 Å². The maximum Gasteiger partial charge on any atom is 0.314 e. The molecule has 2 aromatic rings. The minimum absolute atomic E-state index is 0.0172. The Morgan fingerprint density at radius 1 is 0.871 bits per heavy atom. The van der Waals surface area contributed by atoms with Crippen LogP contribution in [0.2, 0.25) is 0 Å². The molecule has 6 heteroatoms. The second kappa shape index (κ2) is 10.7. The summed E-state index contributed by atoms with van der Waals surface area (Å²) in [7, 11) is 4.62. The number of carbonyl (C=O) groups excluding carboxylic acids is 2. The van der Waals surface area contributed by atoms with E-state index in [0.717, 1.165) is 31.2 Å². The average molecular weight is 424 g/mol. The van der Waals surface area contributed by atoms with Crippen molar-refractivity contribution in [1.82, 2.24) is 0 Å². The molecule has 0 saturated heterocycles. The van der Waals surface area contributed by atoms with Gasteiger partial charge in [0.2, 0.25) is 5.75 Å². The van der Waals surface area contributed by atoms with Crippen LogP contribution in [0.1, 0.15) is 48.0 Å². The Morgan fingerprint density at radius 2 is 1.48 bits per heavy atom. The van der Waals surface area contributed by atoms with Crippen molar-refractivity contribution < 1.29 is 28.5 Å². The summed E-state index contributed by atoms with van der Waals surface area (Å²) in [5.41, 5.74) is 1.24. The van der Waals surface area contributed by atoms with E-state index in [9.17, 15) is 9.59 Å². The van der Waals surface area contributed by atoms with Gasteiger partial charge in [0.15, 0.2) is 17.3 Å². The quantitative estimate of drug-likeness (QED) is 0.254. The van der Waals surface area contributed by atoms with Crippen molar-refractivity contribution in [2.75, 3.05) is 21.3 Å². The Kier molecular flexibility index (Phi) is 7.70. The van der Waals surface area contributed by atoms with Crippen LogP contribution in [0.5, 0.6) is 23.0 Å². The molecule has 0 N–H and O–H groups in total. The van der Waals surface area contributed by atoms with Gasteiger partial charge in [-0.05, 0) is 60.9 Å². The highest BCUT2D eigenvalue weighted by Crippen LogP contribution is 2.38. The fourth-order valence-electron chi connectivity index (χ4n) is 3.69. The van der Waals surface area contributed by atoms with Gasteiger partial charge in [0.1, 0.15) is 5.75 Å². The molecule has 1 aliphatic rings. The number of ketones is 1. The molecule has 0 atom stereocenters. The van der Waals surface area contributed by atoms with E-state index >= 15 is 0 Å². The van der Waals surface area contributed by atoms with E-state index in [1.807, 2.05) is 0 Å². The Bertz CT molecular complexity index is 914. The van der Waals surface area contributed by atoms with Crippen LogP contribution in [0.15, 0.2) is 42.5 Å². The van der Waals surface area contributed by atoms with Crippen LogP contribution >= 0.6 is 0 Å². The number of hydrogen-bond acceptors (Lipinski definition) is 6. The van der Waals surface area contributed by atoms with Crippen LogP contribution in [0, 0.1) is 5.92 Å². The Labute approximate surface area is 182 Å². The maximum absolute atomic E-state index is 12.5. The average Bonchev–Trinajstić information content (AvgIpc) is 2.82. The molecule has 1 fully saturated rings. The molecule has 164 valence electrons. The fraction of sp³-hybridized carbons (Fsp3) is 0.360. The Hall–Kier alpha value is -3.28. The molecule has 0 unspecified atom stereocenters. The van der Waals surface area contributed by atoms with Gasteiger partial charge in [-0.1, -0.05) is 25.3 Å². The molecule has 31 heavy (non-hydrogen) atoms. The van der Waals surface area contributed by atoms with Crippen molar-refractivity contribution >= 4 is 17.8 Å².